The second-order valence-electron chi connectivity index (χ2n) is 4.72. The van der Waals surface area contributed by atoms with Gasteiger partial charge in [0.2, 0.25) is 0 Å². The molecule has 0 aromatic heterocycles. The molecule has 0 unspecified atom stereocenters. The maximum Gasteiger partial charge on any atom is 0.176 e. The van der Waals surface area contributed by atoms with Crippen molar-refractivity contribution in [1.29, 1.82) is 0 Å². The van der Waals surface area contributed by atoms with Crippen LogP contribution in [0.1, 0.15) is 15.9 Å². The number of Topliss-reactive ketones (excluding diaryl/α,β-unsaturated/α-hetero) is 1. The second kappa shape index (κ2) is 7.96. The van der Waals surface area contributed by atoms with Crippen LogP contribution in [-0.4, -0.2) is 26.5 Å². The van der Waals surface area contributed by atoms with E-state index in [1.165, 1.54) is 0 Å². The van der Waals surface area contributed by atoms with Crippen molar-refractivity contribution in [3.8, 4) is 11.5 Å². The average Bonchev–Trinajstić information content (AvgIpc) is 2.55. The molecule has 5 heteroatoms. The third-order valence-electron chi connectivity index (χ3n) is 3.25. The molecule has 4 nitrogen and oxygen atoms in total. The molecule has 1 N–H and O–H groups in total. The minimum absolute atomic E-state index is 0.0388. The van der Waals surface area contributed by atoms with E-state index in [0.29, 0.717) is 17.9 Å². The molecule has 2 rings (SSSR count). The van der Waals surface area contributed by atoms with E-state index in [9.17, 15) is 4.79 Å². The molecule has 0 heterocycles. The molecule has 0 aliphatic rings. The first kappa shape index (κ1) is 16.5. The van der Waals surface area contributed by atoms with E-state index in [2.05, 4.69) is 21.2 Å². The second-order valence-corrected chi connectivity index (χ2v) is 5.58. The SMILES string of the molecule is COc1ccc(CNCC(=O)c2ccc(OC)c(Br)c2)cc1. The predicted molar refractivity (Wildman–Crippen MR) is 89.7 cm³/mol. The molecule has 2 aromatic carbocycles. The fraction of sp³-hybridized carbons (Fsp3) is 0.235. The maximum atomic E-state index is 12.1. The Bertz CT molecular complexity index is 641. The van der Waals surface area contributed by atoms with Crippen LogP contribution in [0.5, 0.6) is 11.5 Å². The predicted octanol–water partition coefficient (Wildman–Crippen LogP) is 3.44. The van der Waals surface area contributed by atoms with Gasteiger partial charge in [-0.15, -0.1) is 0 Å². The van der Waals surface area contributed by atoms with Crippen LogP contribution in [0.4, 0.5) is 0 Å². The minimum Gasteiger partial charge on any atom is -0.497 e. The Morgan fingerprint density at radius 3 is 2.41 bits per heavy atom. The van der Waals surface area contributed by atoms with Gasteiger partial charge in [0.25, 0.3) is 0 Å². The van der Waals surface area contributed by atoms with E-state index in [1.807, 2.05) is 24.3 Å². The molecule has 2 aromatic rings. The Hall–Kier alpha value is -1.85. The van der Waals surface area contributed by atoms with Crippen LogP contribution in [0.25, 0.3) is 0 Å². The van der Waals surface area contributed by atoms with Gasteiger partial charge in [-0.2, -0.15) is 0 Å². The number of rotatable bonds is 7. The van der Waals surface area contributed by atoms with E-state index >= 15 is 0 Å². The molecule has 0 aliphatic carbocycles. The highest BCUT2D eigenvalue weighted by atomic mass is 79.9. The van der Waals surface area contributed by atoms with Gasteiger partial charge >= 0.3 is 0 Å². The Morgan fingerprint density at radius 2 is 1.82 bits per heavy atom. The number of halogens is 1. The van der Waals surface area contributed by atoms with E-state index in [-0.39, 0.29) is 12.3 Å². The molecule has 0 amide bonds. The van der Waals surface area contributed by atoms with Crippen LogP contribution in [0, 0.1) is 0 Å². The fourth-order valence-electron chi connectivity index (χ4n) is 2.01. The van der Waals surface area contributed by atoms with E-state index in [1.54, 1.807) is 32.4 Å². The van der Waals surface area contributed by atoms with Crippen molar-refractivity contribution in [2.75, 3.05) is 20.8 Å². The van der Waals surface area contributed by atoms with Gasteiger partial charge in [-0.3, -0.25) is 4.79 Å². The Kier molecular flexibility index (Phi) is 5.98. The first-order chi connectivity index (χ1) is 10.6. The summed E-state index contributed by atoms with van der Waals surface area (Å²) in [5.41, 5.74) is 1.75. The Labute approximate surface area is 138 Å². The summed E-state index contributed by atoms with van der Waals surface area (Å²) in [6.45, 7) is 0.915. The monoisotopic (exact) mass is 363 g/mol. The highest BCUT2D eigenvalue weighted by Crippen LogP contribution is 2.25. The fourth-order valence-corrected chi connectivity index (χ4v) is 2.55. The first-order valence-corrected chi connectivity index (χ1v) is 7.63. The highest BCUT2D eigenvalue weighted by molar-refractivity contribution is 9.10. The molecule has 22 heavy (non-hydrogen) atoms. The summed E-state index contributed by atoms with van der Waals surface area (Å²) in [7, 11) is 3.23. The van der Waals surface area contributed by atoms with E-state index in [0.717, 1.165) is 15.8 Å². The number of benzene rings is 2. The van der Waals surface area contributed by atoms with Crippen LogP contribution in [-0.2, 0) is 6.54 Å². The number of carbonyl (C=O) groups excluding carboxylic acids is 1. The van der Waals surface area contributed by atoms with Gasteiger partial charge in [0.15, 0.2) is 5.78 Å². The summed E-state index contributed by atoms with van der Waals surface area (Å²) in [6, 6.07) is 13.1. The van der Waals surface area contributed by atoms with Crippen molar-refractivity contribution < 1.29 is 14.3 Å². The number of nitrogens with one attached hydrogen (secondary N) is 1. The van der Waals surface area contributed by atoms with Crippen molar-refractivity contribution in [1.82, 2.24) is 5.32 Å². The smallest absolute Gasteiger partial charge is 0.176 e. The summed E-state index contributed by atoms with van der Waals surface area (Å²) in [5.74, 6) is 1.57. The molecule has 0 radical (unpaired) electrons. The standard InChI is InChI=1S/C17H18BrNO3/c1-21-14-6-3-12(4-7-14)10-19-11-16(20)13-5-8-17(22-2)15(18)9-13/h3-9,19H,10-11H2,1-2H3. The number of hydrogen-bond acceptors (Lipinski definition) is 4. The van der Waals surface area contributed by atoms with Gasteiger partial charge in [-0.05, 0) is 51.8 Å². The molecule has 116 valence electrons. The quantitative estimate of drug-likeness (QED) is 0.765. The third-order valence-corrected chi connectivity index (χ3v) is 3.87. The largest absolute Gasteiger partial charge is 0.497 e. The maximum absolute atomic E-state index is 12.1. The Morgan fingerprint density at radius 1 is 1.09 bits per heavy atom. The summed E-state index contributed by atoms with van der Waals surface area (Å²) < 4.78 is 11.0. The number of ketones is 1. The lowest BCUT2D eigenvalue weighted by Gasteiger charge is -2.07. The number of ether oxygens (including phenoxy) is 2. The number of hydrogen-bond donors (Lipinski definition) is 1. The number of carbonyl (C=O) groups is 1. The summed E-state index contributed by atoms with van der Waals surface area (Å²) >= 11 is 3.38. The van der Waals surface area contributed by atoms with Crippen LogP contribution in [0.3, 0.4) is 0 Å². The molecular formula is C17H18BrNO3. The van der Waals surface area contributed by atoms with E-state index in [4.69, 9.17) is 9.47 Å². The van der Waals surface area contributed by atoms with Gasteiger partial charge in [0.1, 0.15) is 11.5 Å². The van der Waals surface area contributed by atoms with Gasteiger partial charge in [-0.1, -0.05) is 12.1 Å². The van der Waals surface area contributed by atoms with Crippen LogP contribution in [0.15, 0.2) is 46.9 Å². The van der Waals surface area contributed by atoms with Crippen LogP contribution in [0.2, 0.25) is 0 Å². The van der Waals surface area contributed by atoms with Gasteiger partial charge < -0.3 is 14.8 Å². The third kappa shape index (κ3) is 4.32. The zero-order chi connectivity index (χ0) is 15.9. The first-order valence-electron chi connectivity index (χ1n) is 6.84. The van der Waals surface area contributed by atoms with Crippen molar-refractivity contribution in [2.45, 2.75) is 6.54 Å². The lowest BCUT2D eigenvalue weighted by Crippen LogP contribution is -2.22. The number of methoxy groups -OCH3 is 2. The van der Waals surface area contributed by atoms with Gasteiger partial charge in [0.05, 0.1) is 25.2 Å². The van der Waals surface area contributed by atoms with Crippen molar-refractivity contribution >= 4 is 21.7 Å². The minimum atomic E-state index is 0.0388. The molecule has 0 bridgehead atoms. The van der Waals surface area contributed by atoms with Crippen molar-refractivity contribution in [3.63, 3.8) is 0 Å². The summed E-state index contributed by atoms with van der Waals surface area (Å²) in [6.07, 6.45) is 0. The molecule has 0 aliphatic heterocycles. The zero-order valence-corrected chi connectivity index (χ0v) is 14.1. The average molecular weight is 364 g/mol. The van der Waals surface area contributed by atoms with E-state index < -0.39 is 0 Å². The normalized spacial score (nSPS) is 10.3. The van der Waals surface area contributed by atoms with Crippen LogP contribution < -0.4 is 14.8 Å². The van der Waals surface area contributed by atoms with Gasteiger partial charge in [-0.25, -0.2) is 0 Å². The summed E-state index contributed by atoms with van der Waals surface area (Å²) in [5, 5.41) is 3.15. The summed E-state index contributed by atoms with van der Waals surface area (Å²) in [4.78, 5) is 12.1. The lowest BCUT2D eigenvalue weighted by atomic mass is 10.1. The lowest BCUT2D eigenvalue weighted by molar-refractivity contribution is 0.0990. The Balaban J connectivity index is 1.88. The van der Waals surface area contributed by atoms with Crippen molar-refractivity contribution in [2.24, 2.45) is 0 Å². The zero-order valence-electron chi connectivity index (χ0n) is 12.6. The molecule has 0 saturated carbocycles. The van der Waals surface area contributed by atoms with Gasteiger partial charge in [0, 0.05) is 12.1 Å². The molecule has 0 atom stereocenters. The molecule has 0 spiro atoms. The molecule has 0 saturated heterocycles. The molecule has 0 fully saturated rings. The van der Waals surface area contributed by atoms with Crippen molar-refractivity contribution in [3.05, 3.63) is 58.1 Å². The molecular weight excluding hydrogens is 346 g/mol. The van der Waals surface area contributed by atoms with Crippen LogP contribution >= 0.6 is 15.9 Å². The highest BCUT2D eigenvalue weighted by Gasteiger charge is 2.08. The topological polar surface area (TPSA) is 47.6 Å².